The van der Waals surface area contributed by atoms with Gasteiger partial charge in [0.2, 0.25) is 11.8 Å². The number of hydrogen-bond donors (Lipinski definition) is 1. The molecule has 1 aliphatic rings. The average molecular weight is 328 g/mol. The minimum Gasteiger partial charge on any atom is -0.348 e. The fourth-order valence-corrected chi connectivity index (χ4v) is 3.53. The number of carbonyl (C=O) groups excluding carboxylic acids is 2. The van der Waals surface area contributed by atoms with E-state index in [0.29, 0.717) is 6.54 Å². The minimum atomic E-state index is -0.286. The first kappa shape index (κ1) is 15.7. The zero-order chi connectivity index (χ0) is 16.4. The molecule has 1 fully saturated rings. The normalized spacial score (nSPS) is 19.0. The van der Waals surface area contributed by atoms with Crippen molar-refractivity contribution >= 4 is 28.8 Å². The van der Waals surface area contributed by atoms with Crippen LogP contribution in [-0.2, 0) is 9.59 Å². The Morgan fingerprint density at radius 1 is 1.30 bits per heavy atom. The summed E-state index contributed by atoms with van der Waals surface area (Å²) < 4.78 is 0. The standard InChI is InChI=1S/C18H20N2O2S/c1-12-5-7-15(8-6-12)20-11-14(10-17(20)21)18(22)19-13(2)16-4-3-9-23-16/h3-9,13-14H,10-11H2,1-2H3,(H,19,22). The molecule has 4 nitrogen and oxygen atoms in total. The molecule has 3 rings (SSSR count). The highest BCUT2D eigenvalue weighted by Gasteiger charge is 2.35. The maximum atomic E-state index is 12.4. The molecule has 2 amide bonds. The summed E-state index contributed by atoms with van der Waals surface area (Å²) in [5, 5.41) is 5.01. The van der Waals surface area contributed by atoms with Crippen molar-refractivity contribution in [2.75, 3.05) is 11.4 Å². The van der Waals surface area contributed by atoms with Crippen LogP contribution in [0.15, 0.2) is 41.8 Å². The van der Waals surface area contributed by atoms with Gasteiger partial charge in [0.25, 0.3) is 0 Å². The Kier molecular flexibility index (Phi) is 4.48. The van der Waals surface area contributed by atoms with Crippen molar-refractivity contribution in [1.29, 1.82) is 0 Å². The van der Waals surface area contributed by atoms with Crippen LogP contribution in [0.3, 0.4) is 0 Å². The zero-order valence-electron chi connectivity index (χ0n) is 13.3. The first-order valence-corrected chi connectivity index (χ1v) is 8.63. The molecule has 2 aromatic rings. The molecule has 120 valence electrons. The SMILES string of the molecule is Cc1ccc(N2CC(C(=O)NC(C)c3cccs3)CC2=O)cc1. The molecule has 1 aromatic heterocycles. The first-order chi connectivity index (χ1) is 11.0. The molecule has 0 bridgehead atoms. The number of nitrogens with zero attached hydrogens (tertiary/aromatic N) is 1. The van der Waals surface area contributed by atoms with E-state index in [0.717, 1.165) is 16.1 Å². The average Bonchev–Trinajstić information content (AvgIpc) is 3.17. The molecule has 1 aliphatic heterocycles. The Hall–Kier alpha value is -2.14. The third-order valence-corrected chi connectivity index (χ3v) is 5.23. The zero-order valence-corrected chi connectivity index (χ0v) is 14.1. The molecule has 1 aromatic carbocycles. The summed E-state index contributed by atoms with van der Waals surface area (Å²) >= 11 is 1.62. The van der Waals surface area contributed by atoms with Crippen LogP contribution in [0.4, 0.5) is 5.69 Å². The Balaban J connectivity index is 1.65. The molecule has 1 saturated heterocycles. The fourth-order valence-electron chi connectivity index (χ4n) is 2.80. The summed E-state index contributed by atoms with van der Waals surface area (Å²) in [6.07, 6.45) is 0.275. The van der Waals surface area contributed by atoms with Crippen molar-refractivity contribution in [3.05, 3.63) is 52.2 Å². The van der Waals surface area contributed by atoms with Crippen LogP contribution in [0.1, 0.15) is 29.8 Å². The van der Waals surface area contributed by atoms with Crippen molar-refractivity contribution in [3.63, 3.8) is 0 Å². The van der Waals surface area contributed by atoms with E-state index in [1.165, 1.54) is 0 Å². The van der Waals surface area contributed by atoms with Crippen LogP contribution in [-0.4, -0.2) is 18.4 Å². The maximum absolute atomic E-state index is 12.4. The van der Waals surface area contributed by atoms with Gasteiger partial charge in [-0.3, -0.25) is 9.59 Å². The minimum absolute atomic E-state index is 0.0118. The first-order valence-electron chi connectivity index (χ1n) is 7.75. The van der Waals surface area contributed by atoms with Crippen molar-refractivity contribution in [2.24, 2.45) is 5.92 Å². The lowest BCUT2D eigenvalue weighted by Crippen LogP contribution is -2.34. The van der Waals surface area contributed by atoms with E-state index >= 15 is 0 Å². The van der Waals surface area contributed by atoms with Crippen LogP contribution in [0.2, 0.25) is 0 Å². The smallest absolute Gasteiger partial charge is 0.227 e. The Morgan fingerprint density at radius 2 is 2.04 bits per heavy atom. The van der Waals surface area contributed by atoms with E-state index in [1.807, 2.05) is 55.6 Å². The molecule has 2 unspecified atom stereocenters. The van der Waals surface area contributed by atoms with E-state index in [2.05, 4.69) is 5.32 Å². The number of amides is 2. The summed E-state index contributed by atoms with van der Waals surface area (Å²) in [4.78, 5) is 27.5. The predicted octanol–water partition coefficient (Wildman–Crippen LogP) is 3.29. The van der Waals surface area contributed by atoms with E-state index in [1.54, 1.807) is 16.2 Å². The van der Waals surface area contributed by atoms with Crippen molar-refractivity contribution in [2.45, 2.75) is 26.3 Å². The molecule has 0 spiro atoms. The quantitative estimate of drug-likeness (QED) is 0.936. The molecule has 2 atom stereocenters. The lowest BCUT2D eigenvalue weighted by atomic mass is 10.1. The Labute approximate surface area is 140 Å². The molecule has 0 radical (unpaired) electrons. The Bertz CT molecular complexity index is 694. The number of nitrogens with one attached hydrogen (secondary N) is 1. The van der Waals surface area contributed by atoms with Crippen molar-refractivity contribution < 1.29 is 9.59 Å². The molecule has 1 N–H and O–H groups in total. The molecular weight excluding hydrogens is 308 g/mol. The van der Waals surface area contributed by atoms with Crippen molar-refractivity contribution in [3.8, 4) is 0 Å². The summed E-state index contributed by atoms with van der Waals surface area (Å²) in [5.74, 6) is -0.321. The van der Waals surface area contributed by atoms with Gasteiger partial charge >= 0.3 is 0 Å². The van der Waals surface area contributed by atoms with E-state index in [4.69, 9.17) is 0 Å². The monoisotopic (exact) mass is 328 g/mol. The second-order valence-electron chi connectivity index (χ2n) is 5.99. The number of carbonyl (C=O) groups is 2. The fraction of sp³-hybridized carbons (Fsp3) is 0.333. The van der Waals surface area contributed by atoms with Gasteiger partial charge < -0.3 is 10.2 Å². The number of anilines is 1. The van der Waals surface area contributed by atoms with Gasteiger partial charge in [0.05, 0.1) is 12.0 Å². The second-order valence-corrected chi connectivity index (χ2v) is 6.97. The van der Waals surface area contributed by atoms with Crippen LogP contribution in [0.25, 0.3) is 0 Å². The van der Waals surface area contributed by atoms with Gasteiger partial charge in [-0.05, 0) is 37.4 Å². The predicted molar refractivity (Wildman–Crippen MR) is 92.5 cm³/mol. The lowest BCUT2D eigenvalue weighted by Gasteiger charge is -2.18. The van der Waals surface area contributed by atoms with Crippen LogP contribution >= 0.6 is 11.3 Å². The number of aryl methyl sites for hydroxylation is 1. The number of benzene rings is 1. The highest BCUT2D eigenvalue weighted by atomic mass is 32.1. The summed E-state index contributed by atoms with van der Waals surface area (Å²) in [6.45, 7) is 4.43. The van der Waals surface area contributed by atoms with Crippen LogP contribution in [0, 0.1) is 12.8 Å². The van der Waals surface area contributed by atoms with Gasteiger partial charge in [-0.1, -0.05) is 23.8 Å². The summed E-state index contributed by atoms with van der Waals surface area (Å²) in [7, 11) is 0. The van der Waals surface area contributed by atoms with Gasteiger partial charge in [0.15, 0.2) is 0 Å². The van der Waals surface area contributed by atoms with Gasteiger partial charge in [-0.2, -0.15) is 0 Å². The molecule has 23 heavy (non-hydrogen) atoms. The highest BCUT2D eigenvalue weighted by molar-refractivity contribution is 7.10. The summed E-state index contributed by atoms with van der Waals surface area (Å²) in [6, 6.07) is 11.8. The summed E-state index contributed by atoms with van der Waals surface area (Å²) in [5.41, 5.74) is 2.02. The molecule has 0 aliphatic carbocycles. The number of thiophene rings is 1. The number of hydrogen-bond acceptors (Lipinski definition) is 3. The van der Waals surface area contributed by atoms with Gasteiger partial charge in [0.1, 0.15) is 0 Å². The highest BCUT2D eigenvalue weighted by Crippen LogP contribution is 2.26. The molecular formula is C18H20N2O2S. The maximum Gasteiger partial charge on any atom is 0.227 e. The largest absolute Gasteiger partial charge is 0.348 e. The van der Waals surface area contributed by atoms with E-state index in [9.17, 15) is 9.59 Å². The molecule has 2 heterocycles. The lowest BCUT2D eigenvalue weighted by molar-refractivity contribution is -0.126. The topological polar surface area (TPSA) is 49.4 Å². The Morgan fingerprint density at radius 3 is 2.70 bits per heavy atom. The molecule has 5 heteroatoms. The van der Waals surface area contributed by atoms with Gasteiger partial charge in [0, 0.05) is 23.5 Å². The van der Waals surface area contributed by atoms with E-state index < -0.39 is 0 Å². The van der Waals surface area contributed by atoms with Crippen LogP contribution < -0.4 is 10.2 Å². The van der Waals surface area contributed by atoms with Crippen molar-refractivity contribution in [1.82, 2.24) is 5.32 Å². The van der Waals surface area contributed by atoms with Gasteiger partial charge in [-0.25, -0.2) is 0 Å². The van der Waals surface area contributed by atoms with Crippen LogP contribution in [0.5, 0.6) is 0 Å². The van der Waals surface area contributed by atoms with E-state index in [-0.39, 0.29) is 30.2 Å². The third kappa shape index (κ3) is 3.45. The third-order valence-electron chi connectivity index (χ3n) is 4.17. The molecule has 0 saturated carbocycles. The van der Waals surface area contributed by atoms with Gasteiger partial charge in [-0.15, -0.1) is 11.3 Å². The second kappa shape index (κ2) is 6.54. The number of rotatable bonds is 4.